The van der Waals surface area contributed by atoms with Crippen LogP contribution in [0.4, 0.5) is 29.7 Å². The van der Waals surface area contributed by atoms with Crippen LogP contribution in [0.3, 0.4) is 0 Å². The molecular formula is C18H17F3N6O3S. The molecule has 0 spiro atoms. The van der Waals surface area contributed by atoms with Crippen LogP contribution in [0.2, 0.25) is 0 Å². The van der Waals surface area contributed by atoms with Gasteiger partial charge in [0.15, 0.2) is 5.69 Å². The second kappa shape index (κ2) is 9.66. The fourth-order valence-corrected chi connectivity index (χ4v) is 3.18. The number of carbonyl (C=O) groups is 1. The molecule has 31 heavy (non-hydrogen) atoms. The molecule has 0 atom stereocenters. The molecule has 0 saturated heterocycles. The fourth-order valence-electron chi connectivity index (χ4n) is 2.38. The maximum absolute atomic E-state index is 12.8. The number of aliphatic hydroxyl groups is 1. The van der Waals surface area contributed by atoms with Crippen molar-refractivity contribution < 1.29 is 27.8 Å². The van der Waals surface area contributed by atoms with E-state index in [4.69, 9.17) is 9.84 Å². The van der Waals surface area contributed by atoms with E-state index in [1.165, 1.54) is 6.20 Å². The topological polar surface area (TPSA) is 122 Å². The van der Waals surface area contributed by atoms with Gasteiger partial charge in [-0.2, -0.15) is 17.5 Å². The number of rotatable bonds is 8. The van der Waals surface area contributed by atoms with Crippen LogP contribution in [-0.4, -0.2) is 43.6 Å². The zero-order valence-electron chi connectivity index (χ0n) is 16.1. The number of aliphatic hydroxyl groups excluding tert-OH is 1. The normalized spacial score (nSPS) is 11.3. The van der Waals surface area contributed by atoms with E-state index >= 15 is 0 Å². The molecule has 0 radical (unpaired) electrons. The van der Waals surface area contributed by atoms with Crippen LogP contribution in [0.25, 0.3) is 0 Å². The molecular weight excluding hydrogens is 437 g/mol. The molecule has 0 aliphatic heterocycles. The molecule has 0 aliphatic carbocycles. The number of aryl methyl sites for hydroxylation is 1. The van der Waals surface area contributed by atoms with E-state index in [0.29, 0.717) is 36.5 Å². The molecule has 13 heteroatoms. The van der Waals surface area contributed by atoms with Crippen molar-refractivity contribution in [1.82, 2.24) is 19.3 Å². The predicted octanol–water partition coefficient (Wildman–Crippen LogP) is 3.41. The summed E-state index contributed by atoms with van der Waals surface area (Å²) in [5.41, 5.74) is -0.221. The van der Waals surface area contributed by atoms with Crippen LogP contribution < -0.4 is 15.4 Å². The smallest absolute Gasteiger partial charge is 0.434 e. The summed E-state index contributed by atoms with van der Waals surface area (Å²) in [4.78, 5) is 23.8. The molecule has 0 aromatic carbocycles. The molecule has 3 aromatic rings. The van der Waals surface area contributed by atoms with Crippen molar-refractivity contribution in [3.8, 4) is 5.88 Å². The first-order chi connectivity index (χ1) is 14.8. The Morgan fingerprint density at radius 2 is 2.06 bits per heavy atom. The van der Waals surface area contributed by atoms with E-state index in [0.717, 1.165) is 17.7 Å². The van der Waals surface area contributed by atoms with Crippen molar-refractivity contribution in [2.75, 3.05) is 23.8 Å². The van der Waals surface area contributed by atoms with Gasteiger partial charge in [-0.25, -0.2) is 9.97 Å². The predicted molar refractivity (Wildman–Crippen MR) is 107 cm³/mol. The van der Waals surface area contributed by atoms with Gasteiger partial charge >= 0.3 is 6.18 Å². The second-order valence-corrected chi connectivity index (χ2v) is 6.92. The van der Waals surface area contributed by atoms with Crippen molar-refractivity contribution in [3.63, 3.8) is 0 Å². The summed E-state index contributed by atoms with van der Waals surface area (Å²) in [5, 5.41) is 14.3. The number of pyridine rings is 1. The maximum Gasteiger partial charge on any atom is 0.434 e. The minimum absolute atomic E-state index is 0.00458. The minimum Gasteiger partial charge on any atom is -0.478 e. The quantitative estimate of drug-likeness (QED) is 0.443. The van der Waals surface area contributed by atoms with Crippen LogP contribution in [0.1, 0.15) is 28.2 Å². The highest BCUT2D eigenvalue weighted by atomic mass is 32.1. The molecule has 3 heterocycles. The van der Waals surface area contributed by atoms with Crippen molar-refractivity contribution in [2.24, 2.45) is 0 Å². The Hall–Kier alpha value is -3.32. The first-order valence-electron chi connectivity index (χ1n) is 8.91. The molecule has 9 nitrogen and oxygen atoms in total. The Morgan fingerprint density at radius 3 is 2.74 bits per heavy atom. The summed E-state index contributed by atoms with van der Waals surface area (Å²) in [6, 6.07) is 3.14. The van der Waals surface area contributed by atoms with Crippen LogP contribution in [0.5, 0.6) is 5.88 Å². The molecule has 3 aromatic heterocycles. The lowest BCUT2D eigenvalue weighted by Gasteiger charge is -2.10. The standard InChI is InChI=1S/C18H17F3N6O3S/c1-10-15(16(29)24-11-3-4-14(23-7-11)30-6-2-5-28)17(31-27-10)26-13-9-22-8-12(25-13)18(19,20)21/h3-4,7-9,28H,2,5-6H2,1H3,(H,24,29)(H,25,26). The van der Waals surface area contributed by atoms with Crippen LogP contribution >= 0.6 is 11.5 Å². The molecule has 0 fully saturated rings. The van der Waals surface area contributed by atoms with Gasteiger partial charge in [-0.1, -0.05) is 0 Å². The van der Waals surface area contributed by atoms with E-state index in [-0.39, 0.29) is 23.0 Å². The number of nitrogens with one attached hydrogen (secondary N) is 2. The molecule has 1 amide bonds. The number of hydrogen-bond donors (Lipinski definition) is 3. The second-order valence-electron chi connectivity index (χ2n) is 6.15. The summed E-state index contributed by atoms with van der Waals surface area (Å²) in [5.74, 6) is -0.353. The Balaban J connectivity index is 1.72. The van der Waals surface area contributed by atoms with Crippen molar-refractivity contribution >= 4 is 33.9 Å². The number of halogens is 3. The molecule has 0 saturated carbocycles. The van der Waals surface area contributed by atoms with E-state index in [9.17, 15) is 18.0 Å². The highest BCUT2D eigenvalue weighted by molar-refractivity contribution is 7.10. The number of alkyl halides is 3. The highest BCUT2D eigenvalue weighted by Gasteiger charge is 2.33. The van der Waals surface area contributed by atoms with Crippen molar-refractivity contribution in [2.45, 2.75) is 19.5 Å². The van der Waals surface area contributed by atoms with Crippen molar-refractivity contribution in [3.05, 3.63) is 47.7 Å². The maximum atomic E-state index is 12.8. The molecule has 0 bridgehead atoms. The van der Waals surface area contributed by atoms with E-state index in [2.05, 4.69) is 30.0 Å². The van der Waals surface area contributed by atoms with Gasteiger partial charge in [-0.15, -0.1) is 0 Å². The fraction of sp³-hybridized carbons (Fsp3) is 0.278. The third kappa shape index (κ3) is 5.86. The van der Waals surface area contributed by atoms with Gasteiger partial charge in [0.1, 0.15) is 10.8 Å². The zero-order chi connectivity index (χ0) is 22.4. The van der Waals surface area contributed by atoms with E-state index in [1.807, 2.05) is 0 Å². The number of amides is 1. The van der Waals surface area contributed by atoms with Crippen LogP contribution in [-0.2, 0) is 6.18 Å². The van der Waals surface area contributed by atoms with Crippen LogP contribution in [0.15, 0.2) is 30.7 Å². The lowest BCUT2D eigenvalue weighted by molar-refractivity contribution is -0.141. The molecule has 3 N–H and O–H groups in total. The summed E-state index contributed by atoms with van der Waals surface area (Å²) >= 11 is 0.910. The van der Waals surface area contributed by atoms with Gasteiger partial charge in [0.05, 0.1) is 42.1 Å². The number of nitrogens with zero attached hydrogens (tertiary/aromatic N) is 4. The largest absolute Gasteiger partial charge is 0.478 e. The first-order valence-corrected chi connectivity index (χ1v) is 9.69. The lowest BCUT2D eigenvalue weighted by atomic mass is 10.2. The Bertz CT molecular complexity index is 1040. The van der Waals surface area contributed by atoms with E-state index in [1.54, 1.807) is 19.1 Å². The first kappa shape index (κ1) is 22.4. The molecule has 3 rings (SSSR count). The summed E-state index contributed by atoms with van der Waals surface area (Å²) in [7, 11) is 0. The Labute approximate surface area is 178 Å². The number of hydrogen-bond acceptors (Lipinski definition) is 9. The number of ether oxygens (including phenoxy) is 1. The summed E-state index contributed by atoms with van der Waals surface area (Å²) in [6.45, 7) is 1.91. The van der Waals surface area contributed by atoms with Gasteiger partial charge in [0.25, 0.3) is 5.91 Å². The zero-order valence-corrected chi connectivity index (χ0v) is 16.9. The molecule has 0 aliphatic rings. The van der Waals surface area contributed by atoms with E-state index < -0.39 is 17.8 Å². The Kier molecular flexibility index (Phi) is 6.97. The average Bonchev–Trinajstić information content (AvgIpc) is 3.09. The number of carbonyl (C=O) groups excluding carboxylic acids is 1. The summed E-state index contributed by atoms with van der Waals surface area (Å²) in [6.07, 6.45) is -1.05. The van der Waals surface area contributed by atoms with Gasteiger partial charge in [0.2, 0.25) is 5.88 Å². The third-order valence-corrected chi connectivity index (χ3v) is 4.66. The SMILES string of the molecule is Cc1nsc(Nc2cncc(C(F)(F)F)n2)c1C(=O)Nc1ccc(OCCCO)nc1. The molecule has 0 unspecified atom stereocenters. The van der Waals surface area contributed by atoms with Crippen LogP contribution in [0, 0.1) is 6.92 Å². The van der Waals surface area contributed by atoms with Gasteiger partial charge in [-0.05, 0) is 24.5 Å². The number of aromatic nitrogens is 4. The number of anilines is 3. The van der Waals surface area contributed by atoms with Gasteiger partial charge in [-0.3, -0.25) is 9.78 Å². The van der Waals surface area contributed by atoms with Gasteiger partial charge in [0, 0.05) is 19.1 Å². The molecule has 164 valence electrons. The highest BCUT2D eigenvalue weighted by Crippen LogP contribution is 2.31. The minimum atomic E-state index is -4.64. The lowest BCUT2D eigenvalue weighted by Crippen LogP contribution is -2.15. The monoisotopic (exact) mass is 454 g/mol. The van der Waals surface area contributed by atoms with Crippen molar-refractivity contribution in [1.29, 1.82) is 0 Å². The third-order valence-electron chi connectivity index (χ3n) is 3.80. The summed E-state index contributed by atoms with van der Waals surface area (Å²) < 4.78 is 48.0. The Morgan fingerprint density at radius 1 is 1.26 bits per heavy atom. The van der Waals surface area contributed by atoms with Gasteiger partial charge < -0.3 is 20.5 Å². The average molecular weight is 454 g/mol.